The van der Waals surface area contributed by atoms with Crippen molar-refractivity contribution in [2.75, 3.05) is 5.73 Å². The highest BCUT2D eigenvalue weighted by atomic mass is 16.2. The average molecular weight is 313 g/mol. The number of nitrogens with two attached hydrogens (primary N) is 1. The van der Waals surface area contributed by atoms with E-state index in [4.69, 9.17) is 5.73 Å². The fourth-order valence-electron chi connectivity index (χ4n) is 2.91. The van der Waals surface area contributed by atoms with Crippen molar-refractivity contribution >= 4 is 28.8 Å². The predicted molar refractivity (Wildman–Crippen MR) is 92.2 cm³/mol. The molecule has 5 nitrogen and oxygen atoms in total. The maximum Gasteiger partial charge on any atom is 0.270 e. The first-order valence-electron chi connectivity index (χ1n) is 7.58. The minimum atomic E-state index is -0.538. The van der Waals surface area contributed by atoms with Crippen LogP contribution in [0.15, 0.2) is 30.3 Å². The van der Waals surface area contributed by atoms with Crippen molar-refractivity contribution in [3.8, 4) is 0 Å². The van der Waals surface area contributed by atoms with Crippen molar-refractivity contribution in [3.63, 3.8) is 0 Å². The summed E-state index contributed by atoms with van der Waals surface area (Å²) in [5, 5.41) is 3.76. The molecule has 0 saturated heterocycles. The van der Waals surface area contributed by atoms with Crippen molar-refractivity contribution in [1.82, 2.24) is 10.3 Å². The molecule has 2 aromatic rings. The number of nitrogens with one attached hydrogen (secondary N) is 1. The van der Waals surface area contributed by atoms with E-state index in [1.807, 2.05) is 52.0 Å². The van der Waals surface area contributed by atoms with E-state index in [-0.39, 0.29) is 11.6 Å². The number of hydrogen-bond donors (Lipinski definition) is 2. The number of aldehydes is 1. The molecule has 1 heterocycles. The maximum absolute atomic E-state index is 12.5. The third kappa shape index (κ3) is 4.06. The van der Waals surface area contributed by atoms with Crippen molar-refractivity contribution in [3.05, 3.63) is 36.0 Å². The third-order valence-electron chi connectivity index (χ3n) is 3.65. The van der Waals surface area contributed by atoms with Crippen LogP contribution in [0.1, 0.15) is 44.6 Å². The molecule has 0 radical (unpaired) electrons. The third-order valence-corrected chi connectivity index (χ3v) is 3.65. The number of carbonyl (C=O) groups is 2. The Bertz CT molecular complexity index is 751. The number of pyridine rings is 1. The van der Waals surface area contributed by atoms with Gasteiger partial charge in [-0.25, -0.2) is 4.98 Å². The summed E-state index contributed by atoms with van der Waals surface area (Å²) in [4.78, 5) is 28.0. The molecular formula is C18H23N3O2. The van der Waals surface area contributed by atoms with Gasteiger partial charge in [0, 0.05) is 22.0 Å². The molecule has 1 amide bonds. The van der Waals surface area contributed by atoms with Gasteiger partial charge in [0.1, 0.15) is 12.0 Å². The first-order valence-corrected chi connectivity index (χ1v) is 7.58. The van der Waals surface area contributed by atoms with Gasteiger partial charge in [-0.1, -0.05) is 32.0 Å². The summed E-state index contributed by atoms with van der Waals surface area (Å²) in [6.45, 7) is 7.47. The Morgan fingerprint density at radius 3 is 2.57 bits per heavy atom. The molecule has 3 N–H and O–H groups in total. The second-order valence-electron chi connectivity index (χ2n) is 7.24. The standard InChI is InChI=1S/C18H23N3O2/c1-17(2,11-22)10-18(3,4)21-16(23)15-9-13(19)12-7-5-6-8-14(12)20-15/h5-9,11H,10H2,1-4H3,(H2,19,20)(H,21,23). The van der Waals surface area contributed by atoms with Crippen LogP contribution in [0.5, 0.6) is 0 Å². The largest absolute Gasteiger partial charge is 0.398 e. The number of hydrogen-bond acceptors (Lipinski definition) is 4. The van der Waals surface area contributed by atoms with Crippen molar-refractivity contribution in [2.24, 2.45) is 5.41 Å². The summed E-state index contributed by atoms with van der Waals surface area (Å²) in [7, 11) is 0. The lowest BCUT2D eigenvalue weighted by atomic mass is 9.81. The van der Waals surface area contributed by atoms with Gasteiger partial charge in [0.25, 0.3) is 5.91 Å². The maximum atomic E-state index is 12.5. The van der Waals surface area contributed by atoms with Crippen molar-refractivity contribution in [1.29, 1.82) is 0 Å². The molecule has 0 bridgehead atoms. The number of carbonyl (C=O) groups excluding carboxylic acids is 2. The van der Waals surface area contributed by atoms with Gasteiger partial charge in [-0.3, -0.25) is 4.79 Å². The summed E-state index contributed by atoms with van der Waals surface area (Å²) in [5.41, 5.74) is 6.45. The second kappa shape index (κ2) is 5.99. The normalized spacial score (nSPS) is 12.2. The quantitative estimate of drug-likeness (QED) is 0.831. The molecule has 1 aromatic heterocycles. The molecule has 0 saturated carbocycles. The van der Waals surface area contributed by atoms with Gasteiger partial charge in [-0.15, -0.1) is 0 Å². The summed E-state index contributed by atoms with van der Waals surface area (Å²) in [6.07, 6.45) is 1.44. The summed E-state index contributed by atoms with van der Waals surface area (Å²) in [6, 6.07) is 9.01. The fourth-order valence-corrected chi connectivity index (χ4v) is 2.91. The molecule has 0 unspecified atom stereocenters. The zero-order chi connectivity index (χ0) is 17.3. The highest BCUT2D eigenvalue weighted by Crippen LogP contribution is 2.26. The van der Waals surface area contributed by atoms with E-state index in [2.05, 4.69) is 10.3 Å². The first kappa shape index (κ1) is 16.9. The second-order valence-corrected chi connectivity index (χ2v) is 7.24. The van der Waals surface area contributed by atoms with Crippen molar-refractivity contribution < 1.29 is 9.59 Å². The van der Waals surface area contributed by atoms with Gasteiger partial charge in [0.15, 0.2) is 0 Å². The number of fused-ring (bicyclic) bond motifs is 1. The zero-order valence-corrected chi connectivity index (χ0v) is 14.0. The molecule has 23 heavy (non-hydrogen) atoms. The number of nitrogens with zero attached hydrogens (tertiary/aromatic N) is 1. The molecule has 0 atom stereocenters. The van der Waals surface area contributed by atoms with Crippen LogP contribution in [0.4, 0.5) is 5.69 Å². The molecular weight excluding hydrogens is 290 g/mol. The predicted octanol–water partition coefficient (Wildman–Crippen LogP) is 2.94. The number of amides is 1. The topological polar surface area (TPSA) is 85.1 Å². The Labute approximate surface area is 136 Å². The van der Waals surface area contributed by atoms with Crippen LogP contribution in [0, 0.1) is 5.41 Å². The molecule has 122 valence electrons. The molecule has 0 aliphatic heterocycles. The fraction of sp³-hybridized carbons (Fsp3) is 0.389. The van der Waals surface area contributed by atoms with Gasteiger partial charge >= 0.3 is 0 Å². The lowest BCUT2D eigenvalue weighted by molar-refractivity contribution is -0.115. The Morgan fingerprint density at radius 2 is 1.91 bits per heavy atom. The molecule has 0 aliphatic carbocycles. The minimum absolute atomic E-state index is 0.276. The van der Waals surface area contributed by atoms with Gasteiger partial charge < -0.3 is 15.8 Å². The molecule has 0 fully saturated rings. The SMILES string of the molecule is CC(C)(C=O)CC(C)(C)NC(=O)c1cc(N)c2ccccc2n1. The Hall–Kier alpha value is -2.43. The molecule has 1 aromatic carbocycles. The number of anilines is 1. The monoisotopic (exact) mass is 313 g/mol. The lowest BCUT2D eigenvalue weighted by Crippen LogP contribution is -2.46. The van der Waals surface area contributed by atoms with Crippen LogP contribution in [-0.4, -0.2) is 22.7 Å². The number of aromatic nitrogens is 1. The van der Waals surface area contributed by atoms with Crippen LogP contribution in [0.3, 0.4) is 0 Å². The van der Waals surface area contributed by atoms with Crippen LogP contribution in [-0.2, 0) is 4.79 Å². The highest BCUT2D eigenvalue weighted by molar-refractivity contribution is 5.99. The molecule has 2 rings (SSSR count). The molecule has 5 heteroatoms. The lowest BCUT2D eigenvalue weighted by Gasteiger charge is -2.32. The van der Waals surface area contributed by atoms with E-state index in [1.54, 1.807) is 6.07 Å². The van der Waals surface area contributed by atoms with Crippen LogP contribution in [0.2, 0.25) is 0 Å². The molecule has 0 spiro atoms. The number of nitrogen functional groups attached to an aromatic ring is 1. The Morgan fingerprint density at radius 1 is 1.26 bits per heavy atom. The number of benzene rings is 1. The van der Waals surface area contributed by atoms with Gasteiger partial charge in [-0.05, 0) is 32.4 Å². The first-order chi connectivity index (χ1) is 10.6. The van der Waals surface area contributed by atoms with E-state index >= 15 is 0 Å². The zero-order valence-electron chi connectivity index (χ0n) is 14.0. The van der Waals surface area contributed by atoms with E-state index in [0.29, 0.717) is 17.6 Å². The highest BCUT2D eigenvalue weighted by Gasteiger charge is 2.30. The summed E-state index contributed by atoms with van der Waals surface area (Å²) >= 11 is 0. The molecule has 0 aliphatic rings. The van der Waals surface area contributed by atoms with E-state index in [1.165, 1.54) is 0 Å². The smallest absolute Gasteiger partial charge is 0.270 e. The summed E-state index contributed by atoms with van der Waals surface area (Å²) < 4.78 is 0. The van der Waals surface area contributed by atoms with Crippen LogP contribution < -0.4 is 11.1 Å². The minimum Gasteiger partial charge on any atom is -0.398 e. The van der Waals surface area contributed by atoms with Gasteiger partial charge in [0.05, 0.1) is 5.52 Å². The Kier molecular flexibility index (Phi) is 4.41. The van der Waals surface area contributed by atoms with E-state index in [0.717, 1.165) is 11.7 Å². The Balaban J connectivity index is 2.25. The van der Waals surface area contributed by atoms with Gasteiger partial charge in [-0.2, -0.15) is 0 Å². The number of para-hydroxylation sites is 1. The number of rotatable bonds is 5. The van der Waals surface area contributed by atoms with Crippen LogP contribution >= 0.6 is 0 Å². The van der Waals surface area contributed by atoms with Crippen LogP contribution in [0.25, 0.3) is 10.9 Å². The van der Waals surface area contributed by atoms with Crippen molar-refractivity contribution in [2.45, 2.75) is 39.7 Å². The van der Waals surface area contributed by atoms with E-state index in [9.17, 15) is 9.59 Å². The summed E-state index contributed by atoms with van der Waals surface area (Å²) in [5.74, 6) is -0.297. The average Bonchev–Trinajstić information content (AvgIpc) is 2.45. The van der Waals surface area contributed by atoms with E-state index < -0.39 is 11.0 Å². The van der Waals surface area contributed by atoms with Gasteiger partial charge in [0.2, 0.25) is 0 Å².